The van der Waals surface area contributed by atoms with Crippen LogP contribution < -0.4 is 14.8 Å². The van der Waals surface area contributed by atoms with Crippen molar-refractivity contribution in [3.8, 4) is 11.8 Å². The minimum Gasteiger partial charge on any atom is -0.477 e. The van der Waals surface area contributed by atoms with Crippen LogP contribution in [0.1, 0.15) is 31.9 Å². The second-order valence-electron chi connectivity index (χ2n) is 4.43. The molecule has 18 heavy (non-hydrogen) atoms. The molecule has 100 valence electrons. The molecule has 0 saturated carbocycles. The minimum atomic E-state index is -2.87. The maximum atomic E-state index is 12.1. The molecule has 0 aliphatic carbocycles. The lowest BCUT2D eigenvalue weighted by Crippen LogP contribution is -2.32. The van der Waals surface area contributed by atoms with Crippen LogP contribution in [0.5, 0.6) is 11.8 Å². The highest BCUT2D eigenvalue weighted by atomic mass is 19.3. The molecule has 1 aromatic rings. The number of nitrogens with zero attached hydrogens (tertiary/aromatic N) is 1. The maximum Gasteiger partial charge on any atom is 0.388 e. The fraction of sp³-hybridized carbons (Fsp3) is 0.583. The summed E-state index contributed by atoms with van der Waals surface area (Å²) in [5.74, 6) is 0.256. The van der Waals surface area contributed by atoms with Crippen molar-refractivity contribution in [2.45, 2.75) is 39.0 Å². The Hall–Kier alpha value is -1.43. The molecule has 1 aliphatic heterocycles. The molecule has 6 heteroatoms. The van der Waals surface area contributed by atoms with Crippen molar-refractivity contribution in [2.24, 2.45) is 0 Å². The third-order valence-corrected chi connectivity index (χ3v) is 2.63. The van der Waals surface area contributed by atoms with Crippen LogP contribution in [0.2, 0.25) is 0 Å². The second kappa shape index (κ2) is 5.48. The summed E-state index contributed by atoms with van der Waals surface area (Å²) in [6.07, 6.45) is 0.835. The highest BCUT2D eigenvalue weighted by Gasteiger charge is 2.23. The van der Waals surface area contributed by atoms with Gasteiger partial charge in [0.05, 0.1) is 6.61 Å². The maximum absolute atomic E-state index is 12.1. The number of aromatic nitrogens is 1. The molecule has 0 radical (unpaired) electrons. The average molecular weight is 258 g/mol. The zero-order chi connectivity index (χ0) is 13.1. The van der Waals surface area contributed by atoms with Crippen LogP contribution in [-0.4, -0.2) is 24.2 Å². The average Bonchev–Trinajstić information content (AvgIpc) is 2.27. The van der Waals surface area contributed by atoms with Crippen LogP contribution >= 0.6 is 0 Å². The molecule has 2 heterocycles. The van der Waals surface area contributed by atoms with Gasteiger partial charge >= 0.3 is 6.61 Å². The van der Waals surface area contributed by atoms with E-state index in [1.165, 1.54) is 6.07 Å². The van der Waals surface area contributed by atoms with Crippen LogP contribution in [-0.2, 0) is 0 Å². The summed E-state index contributed by atoms with van der Waals surface area (Å²) in [5, 5.41) is 3.39. The van der Waals surface area contributed by atoms with Gasteiger partial charge in [-0.25, -0.2) is 0 Å². The first-order valence-corrected chi connectivity index (χ1v) is 5.91. The Kier molecular flexibility index (Phi) is 3.96. The Balaban J connectivity index is 2.19. The van der Waals surface area contributed by atoms with E-state index in [0.717, 1.165) is 12.0 Å². The number of alkyl halides is 2. The zero-order valence-electron chi connectivity index (χ0n) is 10.3. The molecule has 0 saturated heterocycles. The first kappa shape index (κ1) is 13.0. The van der Waals surface area contributed by atoms with Gasteiger partial charge in [0.2, 0.25) is 11.8 Å². The Morgan fingerprint density at radius 1 is 1.44 bits per heavy atom. The number of hydrogen-bond donors (Lipinski definition) is 1. The molecule has 0 amide bonds. The molecule has 0 unspecified atom stereocenters. The van der Waals surface area contributed by atoms with Crippen molar-refractivity contribution in [2.75, 3.05) is 6.61 Å². The number of ether oxygens (including phenoxy) is 2. The Morgan fingerprint density at radius 3 is 2.89 bits per heavy atom. The van der Waals surface area contributed by atoms with E-state index >= 15 is 0 Å². The summed E-state index contributed by atoms with van der Waals surface area (Å²) in [7, 11) is 0. The Labute approximate surface area is 104 Å². The van der Waals surface area contributed by atoms with Crippen LogP contribution in [0.15, 0.2) is 12.1 Å². The van der Waals surface area contributed by atoms with Crippen molar-refractivity contribution >= 4 is 0 Å². The van der Waals surface area contributed by atoms with E-state index in [2.05, 4.69) is 28.9 Å². The van der Waals surface area contributed by atoms with E-state index in [-0.39, 0.29) is 11.9 Å². The standard InChI is InChI=1S/C12H16F2N2O2/c1-7(2)15-9-5-6-17-11-8(9)3-4-10(16-11)18-12(13)14/h3-4,7,9,12,15H,5-6H2,1-2H3/t9-/m1/s1. The molecule has 1 aromatic heterocycles. The minimum absolute atomic E-state index is 0.117. The number of rotatable bonds is 4. The van der Waals surface area contributed by atoms with E-state index in [9.17, 15) is 8.78 Å². The smallest absolute Gasteiger partial charge is 0.388 e. The van der Waals surface area contributed by atoms with Gasteiger partial charge in [0.25, 0.3) is 0 Å². The van der Waals surface area contributed by atoms with Crippen molar-refractivity contribution in [3.63, 3.8) is 0 Å². The summed E-state index contributed by atoms with van der Waals surface area (Å²) in [6, 6.07) is 3.63. The SMILES string of the molecule is CC(C)N[C@@H]1CCOc2nc(OC(F)F)ccc21. The van der Waals surface area contributed by atoms with Gasteiger partial charge < -0.3 is 14.8 Å². The van der Waals surface area contributed by atoms with Crippen molar-refractivity contribution in [1.82, 2.24) is 10.3 Å². The summed E-state index contributed by atoms with van der Waals surface area (Å²) in [4.78, 5) is 3.95. The number of halogens is 2. The van der Waals surface area contributed by atoms with Crippen LogP contribution in [0.4, 0.5) is 8.78 Å². The molecule has 0 aromatic carbocycles. The van der Waals surface area contributed by atoms with Gasteiger partial charge in [-0.15, -0.1) is 0 Å². The molecular weight excluding hydrogens is 242 g/mol. The molecule has 1 N–H and O–H groups in total. The molecular formula is C12H16F2N2O2. The van der Waals surface area contributed by atoms with Gasteiger partial charge in [0, 0.05) is 30.1 Å². The van der Waals surface area contributed by atoms with Gasteiger partial charge in [-0.1, -0.05) is 13.8 Å². The summed E-state index contributed by atoms with van der Waals surface area (Å²) < 4.78 is 33.8. The van der Waals surface area contributed by atoms with Gasteiger partial charge in [-0.2, -0.15) is 13.8 Å². The number of hydrogen-bond acceptors (Lipinski definition) is 4. The summed E-state index contributed by atoms with van der Waals surface area (Å²) in [5.41, 5.74) is 0.886. The van der Waals surface area contributed by atoms with Crippen LogP contribution in [0, 0.1) is 0 Å². The topological polar surface area (TPSA) is 43.4 Å². The first-order chi connectivity index (χ1) is 8.56. The summed E-state index contributed by atoms with van der Waals surface area (Å²) >= 11 is 0. The monoisotopic (exact) mass is 258 g/mol. The molecule has 0 bridgehead atoms. The fourth-order valence-electron chi connectivity index (χ4n) is 1.98. The zero-order valence-corrected chi connectivity index (χ0v) is 10.3. The lowest BCUT2D eigenvalue weighted by molar-refractivity contribution is -0.0532. The van der Waals surface area contributed by atoms with E-state index in [1.807, 2.05) is 0 Å². The lowest BCUT2D eigenvalue weighted by Gasteiger charge is -2.27. The van der Waals surface area contributed by atoms with Gasteiger partial charge in [-0.05, 0) is 6.07 Å². The number of pyridine rings is 1. The first-order valence-electron chi connectivity index (χ1n) is 5.91. The van der Waals surface area contributed by atoms with E-state index in [4.69, 9.17) is 4.74 Å². The van der Waals surface area contributed by atoms with E-state index < -0.39 is 6.61 Å². The Bertz CT molecular complexity index is 413. The van der Waals surface area contributed by atoms with Crippen molar-refractivity contribution < 1.29 is 18.3 Å². The third-order valence-electron chi connectivity index (χ3n) is 2.63. The third kappa shape index (κ3) is 3.07. The van der Waals surface area contributed by atoms with Crippen molar-refractivity contribution in [3.05, 3.63) is 17.7 Å². The van der Waals surface area contributed by atoms with Gasteiger partial charge in [0.1, 0.15) is 0 Å². The predicted octanol–water partition coefficient (Wildman–Crippen LogP) is 2.50. The van der Waals surface area contributed by atoms with Crippen LogP contribution in [0.3, 0.4) is 0 Å². The highest BCUT2D eigenvalue weighted by molar-refractivity contribution is 5.34. The molecule has 1 atom stereocenters. The van der Waals surface area contributed by atoms with E-state index in [0.29, 0.717) is 18.5 Å². The fourth-order valence-corrected chi connectivity index (χ4v) is 1.98. The highest BCUT2D eigenvalue weighted by Crippen LogP contribution is 2.32. The molecule has 1 aliphatic rings. The molecule has 0 fully saturated rings. The predicted molar refractivity (Wildman–Crippen MR) is 62.0 cm³/mol. The quantitative estimate of drug-likeness (QED) is 0.901. The largest absolute Gasteiger partial charge is 0.477 e. The number of fused-ring (bicyclic) bond motifs is 1. The van der Waals surface area contributed by atoms with Crippen molar-refractivity contribution in [1.29, 1.82) is 0 Å². The molecule has 4 nitrogen and oxygen atoms in total. The second-order valence-corrected chi connectivity index (χ2v) is 4.43. The van der Waals surface area contributed by atoms with Crippen LogP contribution in [0.25, 0.3) is 0 Å². The lowest BCUT2D eigenvalue weighted by atomic mass is 10.0. The summed E-state index contributed by atoms with van der Waals surface area (Å²) in [6.45, 7) is 1.75. The van der Waals surface area contributed by atoms with Gasteiger partial charge in [0.15, 0.2) is 0 Å². The number of nitrogens with one attached hydrogen (secondary N) is 1. The molecule has 0 spiro atoms. The molecule has 2 rings (SSSR count). The van der Waals surface area contributed by atoms with Gasteiger partial charge in [-0.3, -0.25) is 0 Å². The Morgan fingerprint density at radius 2 is 2.22 bits per heavy atom. The normalized spacial score (nSPS) is 18.7. The van der Waals surface area contributed by atoms with E-state index in [1.54, 1.807) is 6.07 Å².